The van der Waals surface area contributed by atoms with Crippen molar-refractivity contribution in [3.63, 3.8) is 0 Å². The quantitative estimate of drug-likeness (QED) is 0.689. The molecule has 25 heavy (non-hydrogen) atoms. The van der Waals surface area contributed by atoms with Gasteiger partial charge in [0.05, 0.1) is 34.1 Å². The van der Waals surface area contributed by atoms with E-state index in [2.05, 4.69) is 5.10 Å². The maximum Gasteiger partial charge on any atom is 0.276 e. The molecule has 1 aliphatic heterocycles. The van der Waals surface area contributed by atoms with E-state index in [1.165, 1.54) is 0 Å². The van der Waals surface area contributed by atoms with Crippen molar-refractivity contribution in [3.05, 3.63) is 45.7 Å². The fourth-order valence-electron chi connectivity index (χ4n) is 2.94. The molecule has 0 aliphatic carbocycles. The predicted octanol–water partition coefficient (Wildman–Crippen LogP) is 3.21. The lowest BCUT2D eigenvalue weighted by atomic mass is 10.2. The van der Waals surface area contributed by atoms with Crippen LogP contribution in [0, 0.1) is 6.92 Å². The smallest absolute Gasteiger partial charge is 0.276 e. The van der Waals surface area contributed by atoms with Gasteiger partial charge in [0, 0.05) is 13.6 Å². The molecule has 0 spiro atoms. The van der Waals surface area contributed by atoms with E-state index in [4.69, 9.17) is 21.3 Å². The number of para-hydroxylation sites is 1. The zero-order valence-corrected chi connectivity index (χ0v) is 15.5. The van der Waals surface area contributed by atoms with Crippen LogP contribution < -0.4 is 0 Å². The first kappa shape index (κ1) is 16.5. The lowest BCUT2D eigenvalue weighted by molar-refractivity contribution is -0.00303. The summed E-state index contributed by atoms with van der Waals surface area (Å²) in [6, 6.07) is 7.73. The first-order chi connectivity index (χ1) is 12.1. The number of morpholine rings is 1. The number of aryl methyl sites for hydroxylation is 1. The van der Waals surface area contributed by atoms with Crippen LogP contribution in [0.2, 0.25) is 5.02 Å². The van der Waals surface area contributed by atoms with E-state index in [0.29, 0.717) is 24.8 Å². The van der Waals surface area contributed by atoms with Gasteiger partial charge in [0.15, 0.2) is 5.69 Å². The molecule has 3 heterocycles. The van der Waals surface area contributed by atoms with Crippen molar-refractivity contribution in [1.82, 2.24) is 19.7 Å². The largest absolute Gasteiger partial charge is 0.377 e. The fraction of sp³-hybridized carbons (Fsp3) is 0.353. The minimum absolute atomic E-state index is 0.179. The molecule has 1 aliphatic rings. The number of nitrogens with zero attached hydrogens (tertiary/aromatic N) is 4. The van der Waals surface area contributed by atoms with Crippen molar-refractivity contribution in [3.8, 4) is 0 Å². The number of thiazole rings is 1. The summed E-state index contributed by atoms with van der Waals surface area (Å²) in [4.78, 5) is 19.5. The van der Waals surface area contributed by atoms with Crippen molar-refractivity contribution >= 4 is 39.1 Å². The Hall–Kier alpha value is -1.96. The van der Waals surface area contributed by atoms with E-state index in [1.807, 2.05) is 31.2 Å². The van der Waals surface area contributed by atoms with E-state index in [9.17, 15) is 4.79 Å². The Morgan fingerprint density at radius 1 is 1.40 bits per heavy atom. The molecule has 0 N–H and O–H groups in total. The van der Waals surface area contributed by atoms with Gasteiger partial charge in [-0.2, -0.15) is 5.10 Å². The number of halogens is 1. The molecule has 4 rings (SSSR count). The van der Waals surface area contributed by atoms with Gasteiger partial charge in [-0.05, 0) is 19.1 Å². The topological polar surface area (TPSA) is 60.3 Å². The highest BCUT2D eigenvalue weighted by molar-refractivity contribution is 7.18. The lowest BCUT2D eigenvalue weighted by Crippen LogP contribution is -2.43. The standard InChI is InChI=1S/C17H17ClN4O2S/c1-10-14(18)15(20-21(10)2)17(23)22-7-8-24-9-12(22)16-19-11-5-3-4-6-13(11)25-16/h3-6,12H,7-9H2,1-2H3/t12-/m1/s1. The highest BCUT2D eigenvalue weighted by Crippen LogP contribution is 2.33. The van der Waals surface area contributed by atoms with Crippen LogP contribution in [0.3, 0.4) is 0 Å². The van der Waals surface area contributed by atoms with Crippen molar-refractivity contribution < 1.29 is 9.53 Å². The Labute approximate surface area is 154 Å². The van der Waals surface area contributed by atoms with Gasteiger partial charge >= 0.3 is 0 Å². The number of carbonyl (C=O) groups excluding carboxylic acids is 1. The molecule has 130 valence electrons. The maximum atomic E-state index is 13.1. The van der Waals surface area contributed by atoms with Gasteiger partial charge in [0.2, 0.25) is 0 Å². The van der Waals surface area contributed by atoms with Gasteiger partial charge < -0.3 is 9.64 Å². The number of carbonyl (C=O) groups is 1. The molecule has 0 bridgehead atoms. The van der Waals surface area contributed by atoms with Crippen LogP contribution in [0.5, 0.6) is 0 Å². The van der Waals surface area contributed by atoms with E-state index >= 15 is 0 Å². The van der Waals surface area contributed by atoms with Gasteiger partial charge in [-0.3, -0.25) is 9.48 Å². The van der Waals surface area contributed by atoms with Gasteiger partial charge in [-0.1, -0.05) is 23.7 Å². The lowest BCUT2D eigenvalue weighted by Gasteiger charge is -2.34. The Kier molecular flexibility index (Phi) is 4.23. The van der Waals surface area contributed by atoms with E-state index < -0.39 is 0 Å². The molecular weight excluding hydrogens is 360 g/mol. The van der Waals surface area contributed by atoms with Crippen LogP contribution in [-0.4, -0.2) is 45.3 Å². The van der Waals surface area contributed by atoms with Crippen molar-refractivity contribution in [1.29, 1.82) is 0 Å². The van der Waals surface area contributed by atoms with Crippen molar-refractivity contribution in [2.75, 3.05) is 19.8 Å². The number of fused-ring (bicyclic) bond motifs is 1. The zero-order valence-electron chi connectivity index (χ0n) is 13.9. The monoisotopic (exact) mass is 376 g/mol. The average molecular weight is 377 g/mol. The summed E-state index contributed by atoms with van der Waals surface area (Å²) >= 11 is 7.90. The summed E-state index contributed by atoms with van der Waals surface area (Å²) in [5.74, 6) is -0.179. The number of benzene rings is 1. The number of aromatic nitrogens is 3. The summed E-state index contributed by atoms with van der Waals surface area (Å²) in [6.07, 6.45) is 0. The Bertz CT molecular complexity index is 918. The predicted molar refractivity (Wildman–Crippen MR) is 97.2 cm³/mol. The average Bonchev–Trinajstić information content (AvgIpc) is 3.18. The number of hydrogen-bond acceptors (Lipinski definition) is 5. The first-order valence-electron chi connectivity index (χ1n) is 7.99. The summed E-state index contributed by atoms with van der Waals surface area (Å²) in [6.45, 7) is 3.26. The summed E-state index contributed by atoms with van der Waals surface area (Å²) in [5, 5.41) is 5.57. The fourth-order valence-corrected chi connectivity index (χ4v) is 4.25. The van der Waals surface area contributed by atoms with Crippen LogP contribution in [0.15, 0.2) is 24.3 Å². The zero-order chi connectivity index (χ0) is 17.6. The summed E-state index contributed by atoms with van der Waals surface area (Å²) < 4.78 is 8.35. The molecular formula is C17H17ClN4O2S. The summed E-state index contributed by atoms with van der Waals surface area (Å²) in [7, 11) is 1.78. The highest BCUT2D eigenvalue weighted by atomic mass is 35.5. The minimum atomic E-state index is -0.225. The van der Waals surface area contributed by atoms with Gasteiger partial charge in [-0.25, -0.2) is 4.98 Å². The molecule has 3 aromatic rings. The van der Waals surface area contributed by atoms with Crippen molar-refractivity contribution in [2.45, 2.75) is 13.0 Å². The molecule has 0 unspecified atom stereocenters. The highest BCUT2D eigenvalue weighted by Gasteiger charge is 2.34. The third-order valence-corrected chi connectivity index (χ3v) is 6.04. The third-order valence-electron chi connectivity index (χ3n) is 4.45. The molecule has 2 aromatic heterocycles. The number of rotatable bonds is 2. The normalized spacial score (nSPS) is 18.0. The maximum absolute atomic E-state index is 13.1. The molecule has 1 aromatic carbocycles. The van der Waals surface area contributed by atoms with Gasteiger partial charge in [0.1, 0.15) is 11.0 Å². The molecule has 6 nitrogen and oxygen atoms in total. The molecule has 0 saturated carbocycles. The van der Waals surface area contributed by atoms with Crippen LogP contribution in [0.25, 0.3) is 10.2 Å². The van der Waals surface area contributed by atoms with Crippen LogP contribution in [0.1, 0.15) is 27.2 Å². The molecule has 1 fully saturated rings. The summed E-state index contributed by atoms with van der Waals surface area (Å²) in [5.41, 5.74) is 2.00. The molecule has 0 radical (unpaired) electrons. The molecule has 8 heteroatoms. The van der Waals surface area contributed by atoms with E-state index in [1.54, 1.807) is 28.0 Å². The number of ether oxygens (including phenoxy) is 1. The van der Waals surface area contributed by atoms with Gasteiger partial charge in [-0.15, -0.1) is 11.3 Å². The second kappa shape index (κ2) is 6.40. The second-order valence-corrected chi connectivity index (χ2v) is 7.42. The van der Waals surface area contributed by atoms with Gasteiger partial charge in [0.25, 0.3) is 5.91 Å². The van der Waals surface area contributed by atoms with Crippen molar-refractivity contribution in [2.24, 2.45) is 7.05 Å². The molecule has 1 amide bonds. The Morgan fingerprint density at radius 3 is 2.92 bits per heavy atom. The van der Waals surface area contributed by atoms with Crippen LogP contribution in [0.4, 0.5) is 0 Å². The number of amides is 1. The van der Waals surface area contributed by atoms with Crippen LogP contribution >= 0.6 is 22.9 Å². The van der Waals surface area contributed by atoms with Crippen LogP contribution in [-0.2, 0) is 11.8 Å². The second-order valence-electron chi connectivity index (χ2n) is 5.98. The Morgan fingerprint density at radius 2 is 2.20 bits per heavy atom. The SMILES string of the molecule is Cc1c(Cl)c(C(=O)N2CCOC[C@@H]2c2nc3ccccc3s2)nn1C. The van der Waals surface area contributed by atoms with E-state index in [-0.39, 0.29) is 17.6 Å². The molecule has 1 saturated heterocycles. The van der Waals surface area contributed by atoms with E-state index in [0.717, 1.165) is 20.9 Å². The third kappa shape index (κ3) is 2.82. The first-order valence-corrected chi connectivity index (χ1v) is 9.19. The molecule has 1 atom stereocenters. The number of hydrogen-bond donors (Lipinski definition) is 0. The Balaban J connectivity index is 1.71. The minimum Gasteiger partial charge on any atom is -0.377 e.